The molecule has 0 radical (unpaired) electrons. The fraction of sp³-hybridized carbons (Fsp3) is 1.00. The Balaban J connectivity index is 2.59. The van der Waals surface area contributed by atoms with Gasteiger partial charge < -0.3 is 10.2 Å². The number of rotatable bonds is 2. The van der Waals surface area contributed by atoms with Gasteiger partial charge >= 0.3 is 0 Å². The normalized spacial score (nSPS) is 36.1. The van der Waals surface area contributed by atoms with Crippen LogP contribution in [0.2, 0.25) is 0 Å². The maximum atomic E-state index is 10.5. The van der Waals surface area contributed by atoms with Crippen molar-refractivity contribution in [3.8, 4) is 0 Å². The Bertz CT molecular complexity index is 262. The maximum absolute atomic E-state index is 10.5. The van der Waals surface area contributed by atoms with Gasteiger partial charge in [-0.3, -0.25) is 4.55 Å². The molecule has 5 nitrogen and oxygen atoms in total. The van der Waals surface area contributed by atoms with Crippen molar-refractivity contribution >= 4 is 21.9 Å². The molecule has 0 saturated carbocycles. The SMILES string of the molecule is O=S(=O)(O)CC1CCSC(O)C1O. The highest BCUT2D eigenvalue weighted by atomic mass is 32.2. The number of thioether (sulfide) groups is 1. The van der Waals surface area contributed by atoms with Gasteiger partial charge in [-0.2, -0.15) is 8.42 Å². The fourth-order valence-corrected chi connectivity index (χ4v) is 3.30. The zero-order valence-electron chi connectivity index (χ0n) is 6.83. The van der Waals surface area contributed by atoms with Crippen LogP contribution in [0.15, 0.2) is 0 Å². The van der Waals surface area contributed by atoms with E-state index in [-0.39, 0.29) is 0 Å². The van der Waals surface area contributed by atoms with Crippen molar-refractivity contribution in [3.05, 3.63) is 0 Å². The molecule has 0 bridgehead atoms. The molecule has 0 amide bonds. The van der Waals surface area contributed by atoms with E-state index >= 15 is 0 Å². The molecule has 1 rings (SSSR count). The van der Waals surface area contributed by atoms with Crippen molar-refractivity contribution in [3.63, 3.8) is 0 Å². The highest BCUT2D eigenvalue weighted by Crippen LogP contribution is 2.29. The third-order valence-corrected chi connectivity index (χ3v) is 3.92. The van der Waals surface area contributed by atoms with E-state index in [1.54, 1.807) is 0 Å². The molecule has 0 aromatic carbocycles. The summed E-state index contributed by atoms with van der Waals surface area (Å²) < 4.78 is 29.6. The summed E-state index contributed by atoms with van der Waals surface area (Å²) in [5.74, 6) is -0.448. The molecular weight excluding hydrogens is 216 g/mol. The van der Waals surface area contributed by atoms with Gasteiger partial charge in [0.25, 0.3) is 10.1 Å². The van der Waals surface area contributed by atoms with Crippen molar-refractivity contribution in [2.45, 2.75) is 18.0 Å². The van der Waals surface area contributed by atoms with Crippen molar-refractivity contribution < 1.29 is 23.2 Å². The Morgan fingerprint density at radius 2 is 2.00 bits per heavy atom. The van der Waals surface area contributed by atoms with E-state index in [1.165, 1.54) is 11.8 Å². The molecule has 1 saturated heterocycles. The molecule has 3 unspecified atom stereocenters. The Morgan fingerprint density at radius 1 is 1.38 bits per heavy atom. The zero-order valence-corrected chi connectivity index (χ0v) is 8.46. The summed E-state index contributed by atoms with van der Waals surface area (Å²) in [6.45, 7) is 0. The van der Waals surface area contributed by atoms with E-state index in [4.69, 9.17) is 4.55 Å². The number of aliphatic hydroxyl groups excluding tert-OH is 2. The monoisotopic (exact) mass is 228 g/mol. The highest BCUT2D eigenvalue weighted by Gasteiger charge is 2.33. The summed E-state index contributed by atoms with van der Waals surface area (Å²) in [6.07, 6.45) is -0.580. The lowest BCUT2D eigenvalue weighted by molar-refractivity contribution is 0.0290. The Morgan fingerprint density at radius 3 is 2.54 bits per heavy atom. The first-order valence-corrected chi connectivity index (χ1v) is 6.49. The number of hydrogen-bond donors (Lipinski definition) is 3. The van der Waals surface area contributed by atoms with Crippen LogP contribution in [-0.2, 0) is 10.1 Å². The molecule has 3 N–H and O–H groups in total. The molecule has 7 heteroatoms. The first-order chi connectivity index (χ1) is 5.90. The van der Waals surface area contributed by atoms with E-state index in [2.05, 4.69) is 0 Å². The highest BCUT2D eigenvalue weighted by molar-refractivity contribution is 7.99. The van der Waals surface area contributed by atoms with Crippen molar-refractivity contribution in [1.82, 2.24) is 0 Å². The van der Waals surface area contributed by atoms with Crippen LogP contribution in [0.1, 0.15) is 6.42 Å². The van der Waals surface area contributed by atoms with E-state index in [0.29, 0.717) is 12.2 Å². The van der Waals surface area contributed by atoms with Crippen molar-refractivity contribution in [2.75, 3.05) is 11.5 Å². The van der Waals surface area contributed by atoms with Crippen LogP contribution in [0, 0.1) is 5.92 Å². The standard InChI is InChI=1S/C6H12O5S2/c7-5-4(3-13(9,10)11)1-2-12-6(5)8/h4-8H,1-3H2,(H,9,10,11). The smallest absolute Gasteiger partial charge is 0.265 e. The average molecular weight is 228 g/mol. The first-order valence-electron chi connectivity index (χ1n) is 3.83. The topological polar surface area (TPSA) is 94.8 Å². The van der Waals surface area contributed by atoms with Gasteiger partial charge in [-0.1, -0.05) is 0 Å². The van der Waals surface area contributed by atoms with Gasteiger partial charge in [0.2, 0.25) is 0 Å². The molecule has 1 aliphatic rings. The molecule has 1 fully saturated rings. The van der Waals surface area contributed by atoms with Gasteiger partial charge in [-0.15, -0.1) is 11.8 Å². The average Bonchev–Trinajstić information content (AvgIpc) is 1.96. The Hall–Kier alpha value is 0.180. The third kappa shape index (κ3) is 3.43. The van der Waals surface area contributed by atoms with Crippen LogP contribution >= 0.6 is 11.8 Å². The molecule has 1 heterocycles. The lowest BCUT2D eigenvalue weighted by atomic mass is 10.0. The summed E-state index contributed by atoms with van der Waals surface area (Å²) in [7, 11) is -4.06. The molecule has 0 spiro atoms. The van der Waals surface area contributed by atoms with Crippen LogP contribution in [0.25, 0.3) is 0 Å². The molecule has 0 aromatic rings. The lowest BCUT2D eigenvalue weighted by Gasteiger charge is -2.30. The van der Waals surface area contributed by atoms with Gasteiger partial charge in [0.1, 0.15) is 5.44 Å². The third-order valence-electron chi connectivity index (χ3n) is 1.98. The summed E-state index contributed by atoms with van der Waals surface area (Å²) in [5, 5.41) is 18.5. The van der Waals surface area contributed by atoms with E-state index in [0.717, 1.165) is 0 Å². The minimum atomic E-state index is -4.06. The Labute approximate surface area is 80.9 Å². The predicted octanol–water partition coefficient (Wildman–Crippen LogP) is -0.693. The second-order valence-electron chi connectivity index (χ2n) is 3.05. The number of aliphatic hydroxyl groups is 2. The van der Waals surface area contributed by atoms with Gasteiger partial charge in [0, 0.05) is 5.92 Å². The van der Waals surface area contributed by atoms with Gasteiger partial charge in [0.05, 0.1) is 11.9 Å². The second kappa shape index (κ2) is 4.14. The van der Waals surface area contributed by atoms with Crippen LogP contribution in [-0.4, -0.2) is 46.2 Å². The second-order valence-corrected chi connectivity index (χ2v) is 5.77. The maximum Gasteiger partial charge on any atom is 0.265 e. The summed E-state index contributed by atoms with van der Waals surface area (Å²) in [4.78, 5) is 0. The van der Waals surface area contributed by atoms with Crippen LogP contribution in [0.3, 0.4) is 0 Å². The molecular formula is C6H12O5S2. The fourth-order valence-electron chi connectivity index (χ4n) is 1.29. The summed E-state index contributed by atoms with van der Waals surface area (Å²) in [6, 6.07) is 0. The summed E-state index contributed by atoms with van der Waals surface area (Å²) >= 11 is 1.19. The zero-order chi connectivity index (χ0) is 10.1. The van der Waals surface area contributed by atoms with Gasteiger partial charge in [-0.05, 0) is 12.2 Å². The minimum Gasteiger partial charge on any atom is -0.389 e. The van der Waals surface area contributed by atoms with E-state index in [9.17, 15) is 18.6 Å². The molecule has 0 aromatic heterocycles. The lowest BCUT2D eigenvalue weighted by Crippen LogP contribution is -2.39. The van der Waals surface area contributed by atoms with E-state index < -0.39 is 33.3 Å². The van der Waals surface area contributed by atoms with Crippen LogP contribution in [0.4, 0.5) is 0 Å². The van der Waals surface area contributed by atoms with Crippen molar-refractivity contribution in [2.24, 2.45) is 5.92 Å². The largest absolute Gasteiger partial charge is 0.389 e. The van der Waals surface area contributed by atoms with Gasteiger partial charge in [-0.25, -0.2) is 0 Å². The molecule has 78 valence electrons. The predicted molar refractivity (Wildman–Crippen MR) is 49.0 cm³/mol. The molecule has 13 heavy (non-hydrogen) atoms. The summed E-state index contributed by atoms with van der Waals surface area (Å²) in [5.41, 5.74) is -0.944. The number of hydrogen-bond acceptors (Lipinski definition) is 5. The minimum absolute atomic E-state index is 0.480. The molecule has 0 aliphatic carbocycles. The molecule has 3 atom stereocenters. The first kappa shape index (κ1) is 11.3. The van der Waals surface area contributed by atoms with Crippen molar-refractivity contribution in [1.29, 1.82) is 0 Å². The van der Waals surface area contributed by atoms with Crippen LogP contribution in [0.5, 0.6) is 0 Å². The Kier molecular flexibility index (Phi) is 3.58. The van der Waals surface area contributed by atoms with E-state index in [1.807, 2.05) is 0 Å². The molecule has 1 aliphatic heterocycles. The van der Waals surface area contributed by atoms with Gasteiger partial charge in [0.15, 0.2) is 0 Å². The quantitative estimate of drug-likeness (QED) is 0.541. The van der Waals surface area contributed by atoms with Crippen LogP contribution < -0.4 is 0 Å².